The van der Waals surface area contributed by atoms with Gasteiger partial charge in [0.25, 0.3) is 5.91 Å². The van der Waals surface area contributed by atoms with Crippen molar-refractivity contribution in [1.29, 1.82) is 5.26 Å². The zero-order chi connectivity index (χ0) is 22.7. The third kappa shape index (κ3) is 4.48. The number of para-hydroxylation sites is 1. The summed E-state index contributed by atoms with van der Waals surface area (Å²) in [6.07, 6.45) is 0.943. The molecule has 1 aliphatic rings. The number of primary amides is 1. The number of aromatic nitrogens is 3. The van der Waals surface area contributed by atoms with Gasteiger partial charge in [0.2, 0.25) is 5.95 Å². The van der Waals surface area contributed by atoms with Crippen molar-refractivity contribution in [3.8, 4) is 6.07 Å². The molecule has 4 rings (SSSR count). The lowest BCUT2D eigenvalue weighted by atomic mass is 9.99. The minimum Gasteiger partial charge on any atom is -0.364 e. The first-order valence-corrected chi connectivity index (χ1v) is 9.98. The van der Waals surface area contributed by atoms with Crippen molar-refractivity contribution in [2.45, 2.75) is 19.4 Å². The van der Waals surface area contributed by atoms with E-state index in [0.717, 1.165) is 24.1 Å². The number of rotatable bonds is 6. The molecule has 32 heavy (non-hydrogen) atoms. The third-order valence-corrected chi connectivity index (χ3v) is 5.20. The first-order chi connectivity index (χ1) is 15.4. The van der Waals surface area contributed by atoms with Gasteiger partial charge in [0.15, 0.2) is 11.5 Å². The number of carbonyl (C=O) groups is 1. The maximum atomic E-state index is 14.7. The van der Waals surface area contributed by atoms with Crippen molar-refractivity contribution < 1.29 is 9.18 Å². The van der Waals surface area contributed by atoms with Crippen molar-refractivity contribution in [1.82, 2.24) is 20.1 Å². The molecule has 0 radical (unpaired) electrons. The Bertz CT molecular complexity index is 1220. The van der Waals surface area contributed by atoms with Crippen LogP contribution < -0.4 is 16.4 Å². The first-order valence-electron chi connectivity index (χ1n) is 9.98. The van der Waals surface area contributed by atoms with Crippen LogP contribution in [0.1, 0.15) is 27.2 Å². The topological polar surface area (TPSA) is 133 Å². The highest BCUT2D eigenvalue weighted by atomic mass is 19.1. The fraction of sp³-hybridized carbons (Fsp3) is 0.227. The number of hydrogen-bond donors (Lipinski definition) is 3. The molecule has 0 aliphatic carbocycles. The van der Waals surface area contributed by atoms with Crippen LogP contribution in [0.3, 0.4) is 0 Å². The first kappa shape index (κ1) is 21.1. The SMILES string of the molecule is CN1CCc2cc(F)c(Nc3nnc(C(N)=O)c(Nc4ccccc4CC#N)n3)cc2C1. The van der Waals surface area contributed by atoms with Crippen LogP contribution in [0.25, 0.3) is 0 Å². The molecule has 0 saturated heterocycles. The summed E-state index contributed by atoms with van der Waals surface area (Å²) in [6.45, 7) is 1.59. The van der Waals surface area contributed by atoms with E-state index in [1.54, 1.807) is 30.3 Å². The smallest absolute Gasteiger partial charge is 0.273 e. The van der Waals surface area contributed by atoms with Crippen molar-refractivity contribution >= 4 is 29.0 Å². The standard InChI is InChI=1S/C22H21FN8O/c1-31-9-7-14-10-16(23)18(11-15(14)12-31)27-22-28-21(19(20(25)32)29-30-22)26-17-5-3-2-4-13(17)6-8-24/h2-5,10-11H,6-7,9,12H2,1H3,(H2,25,32)(H2,26,27,28,30). The average molecular weight is 432 g/mol. The predicted octanol–water partition coefficient (Wildman–Crippen LogP) is 2.65. The highest BCUT2D eigenvalue weighted by molar-refractivity contribution is 5.96. The average Bonchev–Trinajstić information content (AvgIpc) is 2.76. The Morgan fingerprint density at radius 3 is 2.81 bits per heavy atom. The van der Waals surface area contributed by atoms with Gasteiger partial charge in [0.1, 0.15) is 5.82 Å². The van der Waals surface area contributed by atoms with Gasteiger partial charge in [-0.25, -0.2) is 4.39 Å². The molecule has 2 aromatic carbocycles. The highest BCUT2D eigenvalue weighted by Gasteiger charge is 2.19. The number of halogens is 1. The summed E-state index contributed by atoms with van der Waals surface area (Å²) in [6, 6.07) is 12.4. The molecule has 1 aromatic heterocycles. The Kier molecular flexibility index (Phi) is 5.91. The van der Waals surface area contributed by atoms with Crippen molar-refractivity contribution in [2.24, 2.45) is 5.73 Å². The van der Waals surface area contributed by atoms with E-state index in [-0.39, 0.29) is 29.6 Å². The van der Waals surface area contributed by atoms with Gasteiger partial charge in [-0.3, -0.25) is 4.79 Å². The predicted molar refractivity (Wildman–Crippen MR) is 117 cm³/mol. The van der Waals surface area contributed by atoms with Gasteiger partial charge in [0, 0.05) is 18.8 Å². The molecular formula is C22H21FN8O. The Balaban J connectivity index is 1.67. The minimum atomic E-state index is -0.820. The second-order valence-corrected chi connectivity index (χ2v) is 7.53. The molecule has 3 aromatic rings. The number of amides is 1. The number of fused-ring (bicyclic) bond motifs is 1. The zero-order valence-electron chi connectivity index (χ0n) is 17.4. The van der Waals surface area contributed by atoms with E-state index in [1.807, 2.05) is 7.05 Å². The number of nitrogens with two attached hydrogens (primary N) is 1. The highest BCUT2D eigenvalue weighted by Crippen LogP contribution is 2.28. The Morgan fingerprint density at radius 2 is 2.03 bits per heavy atom. The number of anilines is 4. The van der Waals surface area contributed by atoms with Crippen LogP contribution in [-0.2, 0) is 19.4 Å². The molecule has 0 atom stereocenters. The van der Waals surface area contributed by atoms with Gasteiger partial charge in [-0.15, -0.1) is 10.2 Å². The Hall–Kier alpha value is -4.10. The molecule has 9 nitrogen and oxygen atoms in total. The molecule has 0 saturated carbocycles. The van der Waals surface area contributed by atoms with Crippen LogP contribution in [-0.4, -0.2) is 39.6 Å². The summed E-state index contributed by atoms with van der Waals surface area (Å²) in [7, 11) is 2.01. The molecule has 2 heterocycles. The van der Waals surface area contributed by atoms with Crippen molar-refractivity contribution in [2.75, 3.05) is 24.2 Å². The number of benzene rings is 2. The summed E-state index contributed by atoms with van der Waals surface area (Å²) in [4.78, 5) is 18.3. The zero-order valence-corrected chi connectivity index (χ0v) is 17.4. The molecule has 1 amide bonds. The van der Waals surface area contributed by atoms with Gasteiger partial charge < -0.3 is 21.3 Å². The van der Waals surface area contributed by atoms with Crippen LogP contribution in [0.15, 0.2) is 36.4 Å². The van der Waals surface area contributed by atoms with Crippen LogP contribution in [0, 0.1) is 17.1 Å². The maximum absolute atomic E-state index is 14.7. The summed E-state index contributed by atoms with van der Waals surface area (Å²) < 4.78 is 14.7. The summed E-state index contributed by atoms with van der Waals surface area (Å²) >= 11 is 0. The number of carbonyl (C=O) groups excluding carboxylic acids is 1. The second-order valence-electron chi connectivity index (χ2n) is 7.53. The Morgan fingerprint density at radius 1 is 1.22 bits per heavy atom. The van der Waals surface area contributed by atoms with E-state index in [0.29, 0.717) is 17.8 Å². The van der Waals surface area contributed by atoms with E-state index >= 15 is 0 Å². The number of nitrogens with zero attached hydrogens (tertiary/aromatic N) is 5. The van der Waals surface area contributed by atoms with Crippen LogP contribution in [0.4, 0.5) is 27.5 Å². The molecule has 162 valence electrons. The molecule has 4 N–H and O–H groups in total. The van der Waals surface area contributed by atoms with Gasteiger partial charge in [-0.2, -0.15) is 10.2 Å². The van der Waals surface area contributed by atoms with E-state index in [9.17, 15) is 9.18 Å². The lowest BCUT2D eigenvalue weighted by molar-refractivity contribution is 0.0995. The number of nitriles is 1. The molecule has 1 aliphatic heterocycles. The number of nitrogens with one attached hydrogen (secondary N) is 2. The molecule has 0 unspecified atom stereocenters. The van der Waals surface area contributed by atoms with Gasteiger partial charge >= 0.3 is 0 Å². The third-order valence-electron chi connectivity index (χ3n) is 5.20. The molecule has 0 bridgehead atoms. The fourth-order valence-electron chi connectivity index (χ4n) is 3.58. The van der Waals surface area contributed by atoms with Gasteiger partial charge in [-0.05, 0) is 48.4 Å². The van der Waals surface area contributed by atoms with E-state index in [4.69, 9.17) is 11.0 Å². The lowest BCUT2D eigenvalue weighted by Crippen LogP contribution is -2.26. The van der Waals surface area contributed by atoms with Crippen LogP contribution >= 0.6 is 0 Å². The van der Waals surface area contributed by atoms with E-state index in [2.05, 4.69) is 36.8 Å². The molecule has 0 fully saturated rings. The van der Waals surface area contributed by atoms with Crippen LogP contribution in [0.2, 0.25) is 0 Å². The molecule has 0 spiro atoms. The normalized spacial score (nSPS) is 13.2. The van der Waals surface area contributed by atoms with Crippen molar-refractivity contribution in [3.63, 3.8) is 0 Å². The van der Waals surface area contributed by atoms with Gasteiger partial charge in [-0.1, -0.05) is 18.2 Å². The number of likely N-dealkylation sites (N-methyl/N-ethyl adjacent to an activating group) is 1. The van der Waals surface area contributed by atoms with Gasteiger partial charge in [0.05, 0.1) is 18.2 Å². The lowest BCUT2D eigenvalue weighted by Gasteiger charge is -2.25. The largest absolute Gasteiger partial charge is 0.364 e. The summed E-state index contributed by atoms with van der Waals surface area (Å²) in [5.74, 6) is -1.19. The number of hydrogen-bond acceptors (Lipinski definition) is 8. The van der Waals surface area contributed by atoms with E-state index < -0.39 is 11.7 Å². The fourth-order valence-corrected chi connectivity index (χ4v) is 3.58. The van der Waals surface area contributed by atoms with E-state index in [1.165, 1.54) is 6.07 Å². The minimum absolute atomic E-state index is 0.00159. The molecular weight excluding hydrogens is 411 g/mol. The van der Waals surface area contributed by atoms with Crippen LogP contribution in [0.5, 0.6) is 0 Å². The summed E-state index contributed by atoms with van der Waals surface area (Å²) in [5.41, 5.74) is 8.75. The second kappa shape index (κ2) is 8.95. The quantitative estimate of drug-likeness (QED) is 0.541. The Labute approximate surface area is 184 Å². The molecule has 10 heteroatoms. The van der Waals surface area contributed by atoms with Crippen molar-refractivity contribution in [3.05, 3.63) is 64.6 Å². The monoisotopic (exact) mass is 432 g/mol. The maximum Gasteiger partial charge on any atom is 0.273 e. The summed E-state index contributed by atoms with van der Waals surface area (Å²) in [5, 5.41) is 22.6.